The fourth-order valence-corrected chi connectivity index (χ4v) is 2.28. The lowest BCUT2D eigenvalue weighted by Gasteiger charge is -2.25. The topological polar surface area (TPSA) is 127 Å². The van der Waals surface area contributed by atoms with Crippen LogP contribution in [-0.2, 0) is 11.2 Å². The van der Waals surface area contributed by atoms with Crippen molar-refractivity contribution in [1.29, 1.82) is 0 Å². The van der Waals surface area contributed by atoms with E-state index in [1.165, 1.54) is 0 Å². The van der Waals surface area contributed by atoms with Crippen molar-refractivity contribution in [2.45, 2.75) is 51.6 Å². The van der Waals surface area contributed by atoms with Crippen molar-refractivity contribution in [1.82, 2.24) is 0 Å². The number of carbonyl (C=O) groups excluding carboxylic acids is 1. The minimum absolute atomic E-state index is 0.127. The summed E-state index contributed by atoms with van der Waals surface area (Å²) >= 11 is 0. The molecule has 0 amide bonds. The molecule has 4 atom stereocenters. The van der Waals surface area contributed by atoms with Crippen LogP contribution in [0.2, 0.25) is 0 Å². The molecule has 5 N–H and O–H groups in total. The van der Waals surface area contributed by atoms with Gasteiger partial charge in [-0.2, -0.15) is 0 Å². The first-order valence-electron chi connectivity index (χ1n) is 8.14. The molecule has 0 unspecified atom stereocenters. The predicted octanol–water partition coefficient (Wildman–Crippen LogP) is -0.132. The van der Waals surface area contributed by atoms with Crippen molar-refractivity contribution in [2.75, 3.05) is 13.2 Å². The van der Waals surface area contributed by atoms with Gasteiger partial charge in [-0.1, -0.05) is 32.9 Å². The molecule has 0 aliphatic heterocycles. The molecule has 0 saturated carbocycles. The molecule has 1 rings (SSSR count). The fraction of sp³-hybridized carbons (Fsp3) is 0.611. The van der Waals surface area contributed by atoms with Crippen LogP contribution < -0.4 is 0 Å². The number of rotatable bonds is 8. The van der Waals surface area contributed by atoms with Crippen molar-refractivity contribution >= 4 is 5.97 Å². The summed E-state index contributed by atoms with van der Waals surface area (Å²) in [5, 5.41) is 46.8. The molecule has 142 valence electrons. The Balaban J connectivity index is 2.56. The highest BCUT2D eigenvalue weighted by Crippen LogP contribution is 2.20. The zero-order valence-electron chi connectivity index (χ0n) is 14.8. The lowest BCUT2D eigenvalue weighted by atomic mass is 9.88. The van der Waals surface area contributed by atoms with Gasteiger partial charge in [-0.15, -0.1) is 0 Å². The van der Waals surface area contributed by atoms with Crippen LogP contribution in [0.4, 0.5) is 0 Å². The molecule has 0 aromatic heterocycles. The van der Waals surface area contributed by atoms with Gasteiger partial charge >= 0.3 is 5.97 Å². The Labute approximate surface area is 147 Å². The number of hydrogen-bond acceptors (Lipinski definition) is 7. The number of carbonyl (C=O) groups is 1. The maximum Gasteiger partial charge on any atom is 0.338 e. The van der Waals surface area contributed by atoms with Gasteiger partial charge in [-0.05, 0) is 29.5 Å². The summed E-state index contributed by atoms with van der Waals surface area (Å²) in [5.41, 5.74) is 1.51. The second-order valence-electron chi connectivity index (χ2n) is 7.33. The minimum atomic E-state index is -1.76. The molecule has 1 aromatic carbocycles. The highest BCUT2D eigenvalue weighted by atomic mass is 16.5. The highest BCUT2D eigenvalue weighted by Gasteiger charge is 2.30. The summed E-state index contributed by atoms with van der Waals surface area (Å²) in [4.78, 5) is 12.0. The standard InChI is InChI=1S/C18H28O7/c1-18(2,3)8-11-4-6-12(7-5-11)17(24)25-10-14(21)16(23)15(22)13(20)9-19/h4-7,13-16,19-23H,8-10H2,1-3H3/t13-,14+,15+,16+/m0/s1. The maximum absolute atomic E-state index is 12.0. The first-order chi connectivity index (χ1) is 11.5. The van der Waals surface area contributed by atoms with E-state index in [9.17, 15) is 25.2 Å². The van der Waals surface area contributed by atoms with Crippen LogP contribution >= 0.6 is 0 Å². The maximum atomic E-state index is 12.0. The largest absolute Gasteiger partial charge is 0.459 e. The number of aliphatic hydroxyl groups is 5. The Morgan fingerprint density at radius 2 is 1.52 bits per heavy atom. The first kappa shape index (κ1) is 21.5. The fourth-order valence-electron chi connectivity index (χ4n) is 2.28. The average molecular weight is 356 g/mol. The van der Waals surface area contributed by atoms with Crippen LogP contribution in [0.3, 0.4) is 0 Å². The van der Waals surface area contributed by atoms with Gasteiger partial charge in [-0.25, -0.2) is 4.79 Å². The van der Waals surface area contributed by atoms with Gasteiger partial charge in [0.15, 0.2) is 0 Å². The third kappa shape index (κ3) is 7.09. The molecule has 7 nitrogen and oxygen atoms in total. The van der Waals surface area contributed by atoms with E-state index in [0.717, 1.165) is 12.0 Å². The Morgan fingerprint density at radius 3 is 2.00 bits per heavy atom. The molecule has 7 heteroatoms. The summed E-state index contributed by atoms with van der Waals surface area (Å²) in [6, 6.07) is 6.90. The van der Waals surface area contributed by atoms with Crippen molar-refractivity contribution in [3.63, 3.8) is 0 Å². The van der Waals surface area contributed by atoms with E-state index in [2.05, 4.69) is 20.8 Å². The minimum Gasteiger partial charge on any atom is -0.459 e. The van der Waals surface area contributed by atoms with E-state index in [1.54, 1.807) is 12.1 Å². The molecule has 0 aliphatic rings. The summed E-state index contributed by atoms with van der Waals surface area (Å²) in [5.74, 6) is -0.675. The van der Waals surface area contributed by atoms with Crippen molar-refractivity contribution < 1.29 is 35.1 Å². The van der Waals surface area contributed by atoms with E-state index < -0.39 is 43.6 Å². The second kappa shape index (κ2) is 9.26. The molecule has 0 saturated heterocycles. The molecule has 0 spiro atoms. The number of hydrogen-bond donors (Lipinski definition) is 5. The summed E-state index contributed by atoms with van der Waals surface area (Å²) < 4.78 is 4.91. The van der Waals surface area contributed by atoms with Crippen LogP contribution in [-0.4, -0.2) is 69.1 Å². The number of ether oxygens (including phenoxy) is 1. The summed E-state index contributed by atoms with van der Waals surface area (Å²) in [6.45, 7) is 5.02. The lowest BCUT2D eigenvalue weighted by Crippen LogP contribution is -2.47. The average Bonchev–Trinajstić information content (AvgIpc) is 2.56. The molecular formula is C18H28O7. The van der Waals surface area contributed by atoms with E-state index in [0.29, 0.717) is 5.56 Å². The van der Waals surface area contributed by atoms with Crippen LogP contribution in [0.25, 0.3) is 0 Å². The molecule has 0 heterocycles. The quantitative estimate of drug-likeness (QED) is 0.411. The number of benzene rings is 1. The zero-order chi connectivity index (χ0) is 19.2. The van der Waals surface area contributed by atoms with Crippen molar-refractivity contribution in [3.05, 3.63) is 35.4 Å². The Kier molecular flexibility index (Phi) is 7.98. The SMILES string of the molecule is CC(C)(C)Cc1ccc(C(=O)OC[C@@H](O)[C@@H](O)[C@H](O)[C@@H](O)CO)cc1. The third-order valence-electron chi connectivity index (χ3n) is 3.63. The smallest absolute Gasteiger partial charge is 0.338 e. The van der Waals surface area contributed by atoms with Crippen LogP contribution in [0, 0.1) is 5.41 Å². The summed E-state index contributed by atoms with van der Waals surface area (Å²) in [6.07, 6.45) is -5.85. The number of esters is 1. The zero-order valence-corrected chi connectivity index (χ0v) is 14.8. The normalized spacial score (nSPS) is 16.8. The Hall–Kier alpha value is -1.51. The van der Waals surface area contributed by atoms with Gasteiger partial charge in [0.2, 0.25) is 0 Å². The molecular weight excluding hydrogens is 328 g/mol. The first-order valence-corrected chi connectivity index (χ1v) is 8.14. The van der Waals surface area contributed by atoms with Crippen LogP contribution in [0.5, 0.6) is 0 Å². The monoisotopic (exact) mass is 356 g/mol. The van der Waals surface area contributed by atoms with Crippen molar-refractivity contribution in [2.24, 2.45) is 5.41 Å². The third-order valence-corrected chi connectivity index (χ3v) is 3.63. The number of aliphatic hydroxyl groups excluding tert-OH is 5. The van der Waals surface area contributed by atoms with Crippen LogP contribution in [0.1, 0.15) is 36.7 Å². The Bertz CT molecular complexity index is 535. The van der Waals surface area contributed by atoms with Gasteiger partial charge in [0.05, 0.1) is 12.2 Å². The van der Waals surface area contributed by atoms with E-state index in [1.807, 2.05) is 12.1 Å². The summed E-state index contributed by atoms with van der Waals surface area (Å²) in [7, 11) is 0. The molecule has 0 fully saturated rings. The van der Waals surface area contributed by atoms with Gasteiger partial charge in [-0.3, -0.25) is 0 Å². The van der Waals surface area contributed by atoms with E-state index >= 15 is 0 Å². The van der Waals surface area contributed by atoms with E-state index in [4.69, 9.17) is 9.84 Å². The molecule has 0 aliphatic carbocycles. The van der Waals surface area contributed by atoms with Gasteiger partial charge in [0.1, 0.15) is 31.0 Å². The van der Waals surface area contributed by atoms with E-state index in [-0.39, 0.29) is 5.41 Å². The van der Waals surface area contributed by atoms with Gasteiger partial charge < -0.3 is 30.3 Å². The second-order valence-corrected chi connectivity index (χ2v) is 7.33. The highest BCUT2D eigenvalue weighted by molar-refractivity contribution is 5.89. The molecule has 0 bridgehead atoms. The predicted molar refractivity (Wildman–Crippen MR) is 91.0 cm³/mol. The molecule has 0 radical (unpaired) electrons. The van der Waals surface area contributed by atoms with Gasteiger partial charge in [0, 0.05) is 0 Å². The Morgan fingerprint density at radius 1 is 1.00 bits per heavy atom. The molecule has 25 heavy (non-hydrogen) atoms. The molecule has 1 aromatic rings. The van der Waals surface area contributed by atoms with Crippen molar-refractivity contribution in [3.8, 4) is 0 Å². The van der Waals surface area contributed by atoms with Crippen LogP contribution in [0.15, 0.2) is 24.3 Å². The van der Waals surface area contributed by atoms with Gasteiger partial charge in [0.25, 0.3) is 0 Å². The lowest BCUT2D eigenvalue weighted by molar-refractivity contribution is -0.124.